The molecule has 110 valence electrons. The molecule has 0 heterocycles. The number of carbonyl (C=O) groups is 1. The lowest BCUT2D eigenvalue weighted by molar-refractivity contribution is -0.133. The fourth-order valence-corrected chi connectivity index (χ4v) is 1.88. The molecule has 19 heavy (non-hydrogen) atoms. The van der Waals surface area contributed by atoms with Gasteiger partial charge >= 0.3 is 0 Å². The Morgan fingerprint density at radius 3 is 2.26 bits per heavy atom. The van der Waals surface area contributed by atoms with E-state index in [1.807, 2.05) is 18.7 Å². The summed E-state index contributed by atoms with van der Waals surface area (Å²) in [5.41, 5.74) is 2.74. The maximum absolute atomic E-state index is 12.0. The monoisotopic (exact) mass is 265 g/mol. The van der Waals surface area contributed by atoms with Crippen molar-refractivity contribution in [2.24, 2.45) is 5.92 Å². The van der Waals surface area contributed by atoms with E-state index in [-0.39, 0.29) is 11.8 Å². The van der Waals surface area contributed by atoms with Gasteiger partial charge in [-0.2, -0.15) is 0 Å². The second-order valence-corrected chi connectivity index (χ2v) is 5.81. The average molecular weight is 265 g/mol. The average Bonchev–Trinajstić information content (AvgIpc) is 2.32. The first-order chi connectivity index (χ1) is 8.88. The molecule has 0 fully saturated rings. The third-order valence-corrected chi connectivity index (χ3v) is 3.05. The van der Waals surface area contributed by atoms with Gasteiger partial charge in [0.25, 0.3) is 0 Å². The van der Waals surface area contributed by atoms with Crippen molar-refractivity contribution >= 4 is 5.91 Å². The van der Waals surface area contributed by atoms with Crippen molar-refractivity contribution in [1.82, 2.24) is 4.90 Å². The molecule has 0 unspecified atom stereocenters. The zero-order valence-corrected chi connectivity index (χ0v) is 13.6. The minimum absolute atomic E-state index is 0.0888. The molecule has 0 saturated carbocycles. The van der Waals surface area contributed by atoms with Crippen LogP contribution in [0, 0.1) is 5.92 Å². The Bertz CT molecular complexity index is 322. The number of hydrogen-bond acceptors (Lipinski definition) is 1. The van der Waals surface area contributed by atoms with Crippen molar-refractivity contribution in [2.45, 2.75) is 60.8 Å². The van der Waals surface area contributed by atoms with Crippen molar-refractivity contribution in [3.63, 3.8) is 0 Å². The number of allylic oxidation sites excluding steroid dienone is 3. The lowest BCUT2D eigenvalue weighted by atomic mass is 10.1. The van der Waals surface area contributed by atoms with Crippen LogP contribution in [0.4, 0.5) is 0 Å². The van der Waals surface area contributed by atoms with Crippen LogP contribution >= 0.6 is 0 Å². The topological polar surface area (TPSA) is 20.3 Å². The largest absolute Gasteiger partial charge is 0.339 e. The summed E-state index contributed by atoms with van der Waals surface area (Å²) in [6.45, 7) is 14.1. The fraction of sp³-hybridized carbons (Fsp3) is 0.706. The van der Waals surface area contributed by atoms with Gasteiger partial charge < -0.3 is 4.90 Å². The van der Waals surface area contributed by atoms with E-state index in [1.54, 1.807) is 0 Å². The molecule has 0 atom stereocenters. The number of nitrogens with zero attached hydrogens (tertiary/aromatic N) is 1. The van der Waals surface area contributed by atoms with Crippen molar-refractivity contribution in [3.05, 3.63) is 23.3 Å². The molecule has 0 aromatic carbocycles. The molecule has 0 aliphatic carbocycles. The first-order valence-electron chi connectivity index (χ1n) is 7.46. The highest BCUT2D eigenvalue weighted by molar-refractivity contribution is 5.78. The Morgan fingerprint density at radius 1 is 1.16 bits per heavy atom. The number of amides is 1. The van der Waals surface area contributed by atoms with E-state index in [0.717, 1.165) is 32.4 Å². The molecule has 0 aliphatic heterocycles. The molecule has 0 N–H and O–H groups in total. The third kappa shape index (κ3) is 8.63. The minimum atomic E-state index is 0.0888. The normalized spacial score (nSPS) is 11.6. The fourth-order valence-electron chi connectivity index (χ4n) is 1.88. The van der Waals surface area contributed by atoms with Crippen LogP contribution in [0.25, 0.3) is 0 Å². The highest BCUT2D eigenvalue weighted by Gasteiger charge is 2.14. The van der Waals surface area contributed by atoms with Crippen LogP contribution in [0.2, 0.25) is 0 Å². The van der Waals surface area contributed by atoms with Gasteiger partial charge in [0, 0.05) is 19.0 Å². The Morgan fingerprint density at radius 2 is 1.79 bits per heavy atom. The van der Waals surface area contributed by atoms with Crippen LogP contribution in [-0.4, -0.2) is 23.9 Å². The van der Waals surface area contributed by atoms with Crippen LogP contribution in [0.1, 0.15) is 60.8 Å². The maximum Gasteiger partial charge on any atom is 0.225 e. The predicted octanol–water partition coefficient (Wildman–Crippen LogP) is 4.57. The summed E-state index contributed by atoms with van der Waals surface area (Å²) in [7, 11) is 0. The van der Waals surface area contributed by atoms with E-state index >= 15 is 0 Å². The molecule has 0 aromatic heterocycles. The second-order valence-electron chi connectivity index (χ2n) is 5.81. The Kier molecular flexibility index (Phi) is 9.28. The summed E-state index contributed by atoms with van der Waals surface area (Å²) >= 11 is 0. The number of rotatable bonds is 8. The van der Waals surface area contributed by atoms with Gasteiger partial charge in [-0.1, -0.05) is 44.1 Å². The molecule has 0 radical (unpaired) electrons. The van der Waals surface area contributed by atoms with Crippen molar-refractivity contribution in [1.29, 1.82) is 0 Å². The Balaban J connectivity index is 4.36. The van der Waals surface area contributed by atoms with E-state index in [0.29, 0.717) is 0 Å². The van der Waals surface area contributed by atoms with Crippen LogP contribution in [0.15, 0.2) is 23.3 Å². The standard InChI is InChI=1S/C17H31NO/c1-7-12-18(17(19)15(4)5)13-11-16(6)10-8-9-14(2)3/h9,11,15H,7-8,10,12-13H2,1-6H3/b16-11-. The summed E-state index contributed by atoms with van der Waals surface area (Å²) < 4.78 is 0. The van der Waals surface area contributed by atoms with E-state index in [1.165, 1.54) is 11.1 Å². The highest BCUT2D eigenvalue weighted by Crippen LogP contribution is 2.08. The van der Waals surface area contributed by atoms with E-state index < -0.39 is 0 Å². The molecule has 0 aliphatic rings. The first kappa shape index (κ1) is 17.9. The summed E-state index contributed by atoms with van der Waals surface area (Å²) in [6.07, 6.45) is 7.66. The SMILES string of the molecule is CCCN(C/C=C(/C)CCC=C(C)C)C(=O)C(C)C. The van der Waals surface area contributed by atoms with Gasteiger partial charge in [-0.25, -0.2) is 0 Å². The molecular formula is C17H31NO. The van der Waals surface area contributed by atoms with Gasteiger partial charge in [0.2, 0.25) is 5.91 Å². The Hall–Kier alpha value is -1.05. The van der Waals surface area contributed by atoms with Crippen LogP contribution in [0.3, 0.4) is 0 Å². The summed E-state index contributed by atoms with van der Waals surface area (Å²) in [4.78, 5) is 14.0. The summed E-state index contributed by atoms with van der Waals surface area (Å²) in [5, 5.41) is 0. The van der Waals surface area contributed by atoms with Crippen LogP contribution in [0.5, 0.6) is 0 Å². The quantitative estimate of drug-likeness (QED) is 0.588. The minimum Gasteiger partial charge on any atom is -0.339 e. The van der Waals surface area contributed by atoms with Gasteiger partial charge in [0.1, 0.15) is 0 Å². The summed E-state index contributed by atoms with van der Waals surface area (Å²) in [6, 6.07) is 0. The van der Waals surface area contributed by atoms with Crippen molar-refractivity contribution in [3.8, 4) is 0 Å². The maximum atomic E-state index is 12.0. The lowest BCUT2D eigenvalue weighted by Gasteiger charge is -2.23. The Labute approximate surface area is 119 Å². The van der Waals surface area contributed by atoms with Gasteiger partial charge in [-0.05, 0) is 40.0 Å². The van der Waals surface area contributed by atoms with E-state index in [9.17, 15) is 4.79 Å². The summed E-state index contributed by atoms with van der Waals surface area (Å²) in [5.74, 6) is 0.348. The molecular weight excluding hydrogens is 234 g/mol. The van der Waals surface area contributed by atoms with Gasteiger partial charge in [0.15, 0.2) is 0 Å². The third-order valence-electron chi connectivity index (χ3n) is 3.05. The zero-order valence-electron chi connectivity index (χ0n) is 13.6. The molecule has 0 bridgehead atoms. The van der Waals surface area contributed by atoms with Crippen molar-refractivity contribution in [2.75, 3.05) is 13.1 Å². The molecule has 2 heteroatoms. The van der Waals surface area contributed by atoms with Crippen LogP contribution < -0.4 is 0 Å². The zero-order chi connectivity index (χ0) is 14.8. The molecule has 0 spiro atoms. The molecule has 1 amide bonds. The molecule has 0 aromatic rings. The smallest absolute Gasteiger partial charge is 0.225 e. The van der Waals surface area contributed by atoms with Gasteiger partial charge in [0.05, 0.1) is 0 Å². The van der Waals surface area contributed by atoms with Gasteiger partial charge in [-0.15, -0.1) is 0 Å². The van der Waals surface area contributed by atoms with Gasteiger partial charge in [-0.3, -0.25) is 4.79 Å². The lowest BCUT2D eigenvalue weighted by Crippen LogP contribution is -2.35. The first-order valence-corrected chi connectivity index (χ1v) is 7.46. The van der Waals surface area contributed by atoms with E-state index in [4.69, 9.17) is 0 Å². The number of hydrogen-bond donors (Lipinski definition) is 0. The molecule has 0 saturated heterocycles. The van der Waals surface area contributed by atoms with E-state index in [2.05, 4.69) is 39.8 Å². The predicted molar refractivity (Wildman–Crippen MR) is 84.1 cm³/mol. The highest BCUT2D eigenvalue weighted by atomic mass is 16.2. The van der Waals surface area contributed by atoms with Crippen molar-refractivity contribution < 1.29 is 4.79 Å². The molecule has 0 rings (SSSR count). The van der Waals surface area contributed by atoms with Crippen LogP contribution in [-0.2, 0) is 4.79 Å². The molecule has 2 nitrogen and oxygen atoms in total. The second kappa shape index (κ2) is 9.82. The number of carbonyl (C=O) groups excluding carboxylic acids is 1.